The summed E-state index contributed by atoms with van der Waals surface area (Å²) < 4.78 is 0. The number of aliphatic hydroxyl groups is 1. The zero-order chi connectivity index (χ0) is 13.9. The summed E-state index contributed by atoms with van der Waals surface area (Å²) in [6.45, 7) is 2.04. The fourth-order valence-electron chi connectivity index (χ4n) is 4.79. The van der Waals surface area contributed by atoms with Crippen molar-refractivity contribution >= 4 is 0 Å². The van der Waals surface area contributed by atoms with Crippen LogP contribution >= 0.6 is 0 Å². The van der Waals surface area contributed by atoms with Crippen molar-refractivity contribution in [2.24, 2.45) is 5.92 Å². The second-order valence-electron chi connectivity index (χ2n) is 6.75. The summed E-state index contributed by atoms with van der Waals surface area (Å²) in [6, 6.07) is 3.99. The highest BCUT2D eigenvalue weighted by Gasteiger charge is 2.38. The van der Waals surface area contributed by atoms with Gasteiger partial charge >= 0.3 is 0 Å². The van der Waals surface area contributed by atoms with Gasteiger partial charge in [-0.1, -0.05) is 17.2 Å². The highest BCUT2D eigenvalue weighted by molar-refractivity contribution is 5.51. The predicted molar refractivity (Wildman–Crippen MR) is 78.9 cm³/mol. The zero-order valence-electron chi connectivity index (χ0n) is 12.0. The number of benzene rings is 1. The van der Waals surface area contributed by atoms with Crippen LogP contribution in [0.4, 0.5) is 0 Å². The van der Waals surface area contributed by atoms with Crippen molar-refractivity contribution in [2.75, 3.05) is 0 Å². The number of aromatic hydroxyl groups is 1. The topological polar surface area (TPSA) is 40.5 Å². The third kappa shape index (κ3) is 1.67. The molecule has 0 amide bonds. The largest absolute Gasteiger partial charge is 0.508 e. The van der Waals surface area contributed by atoms with E-state index in [0.717, 1.165) is 31.2 Å². The average molecular weight is 270 g/mol. The van der Waals surface area contributed by atoms with Gasteiger partial charge in [0.05, 0.1) is 6.10 Å². The molecule has 0 saturated heterocycles. The van der Waals surface area contributed by atoms with Crippen LogP contribution in [0.15, 0.2) is 23.3 Å². The minimum atomic E-state index is -0.107. The van der Waals surface area contributed by atoms with Gasteiger partial charge in [0.1, 0.15) is 5.75 Å². The SMILES string of the molecule is Cc1c(O)ccc2c1CCC1=C3CC(O)CC3CCC12. The van der Waals surface area contributed by atoms with Gasteiger partial charge in [-0.2, -0.15) is 0 Å². The molecule has 2 N–H and O–H groups in total. The minimum Gasteiger partial charge on any atom is -0.508 e. The number of phenols is 1. The molecular formula is C18H22O2. The molecule has 0 aliphatic heterocycles. The summed E-state index contributed by atoms with van der Waals surface area (Å²) in [7, 11) is 0. The van der Waals surface area contributed by atoms with Gasteiger partial charge < -0.3 is 10.2 Å². The Morgan fingerprint density at radius 1 is 1.10 bits per heavy atom. The van der Waals surface area contributed by atoms with Gasteiger partial charge in [0.2, 0.25) is 0 Å². The highest BCUT2D eigenvalue weighted by Crippen LogP contribution is 2.52. The van der Waals surface area contributed by atoms with E-state index in [1.807, 2.05) is 13.0 Å². The van der Waals surface area contributed by atoms with E-state index in [4.69, 9.17) is 0 Å². The molecule has 20 heavy (non-hydrogen) atoms. The molecule has 0 spiro atoms. The quantitative estimate of drug-likeness (QED) is 0.707. The predicted octanol–water partition coefficient (Wildman–Crippen LogP) is 3.59. The fourth-order valence-corrected chi connectivity index (χ4v) is 4.79. The van der Waals surface area contributed by atoms with Crippen LogP contribution in [-0.2, 0) is 6.42 Å². The summed E-state index contributed by atoms with van der Waals surface area (Å²) >= 11 is 0. The van der Waals surface area contributed by atoms with E-state index in [-0.39, 0.29) is 6.10 Å². The van der Waals surface area contributed by atoms with E-state index >= 15 is 0 Å². The van der Waals surface area contributed by atoms with Gasteiger partial charge in [0.25, 0.3) is 0 Å². The van der Waals surface area contributed by atoms with E-state index in [1.54, 1.807) is 11.1 Å². The van der Waals surface area contributed by atoms with E-state index < -0.39 is 0 Å². The number of hydrogen-bond donors (Lipinski definition) is 2. The Labute approximate surface area is 120 Å². The Hall–Kier alpha value is -1.28. The molecule has 0 radical (unpaired) electrons. The second-order valence-corrected chi connectivity index (χ2v) is 6.75. The molecule has 0 heterocycles. The van der Waals surface area contributed by atoms with Crippen molar-refractivity contribution in [3.8, 4) is 5.75 Å². The van der Waals surface area contributed by atoms with E-state index in [1.165, 1.54) is 24.0 Å². The number of fused-ring (bicyclic) bond motifs is 4. The average Bonchev–Trinajstić information content (AvgIpc) is 2.83. The number of phenolic OH excluding ortho intramolecular Hbond substituents is 1. The first-order chi connectivity index (χ1) is 9.65. The van der Waals surface area contributed by atoms with Gasteiger partial charge in [0, 0.05) is 5.92 Å². The maximum atomic E-state index is 9.96. The van der Waals surface area contributed by atoms with Gasteiger partial charge in [-0.15, -0.1) is 0 Å². The molecule has 1 aromatic rings. The third-order valence-electron chi connectivity index (χ3n) is 5.77. The molecule has 106 valence electrons. The molecule has 1 aromatic carbocycles. The Kier molecular flexibility index (Phi) is 2.71. The first kappa shape index (κ1) is 12.5. The maximum Gasteiger partial charge on any atom is 0.118 e. The van der Waals surface area contributed by atoms with Gasteiger partial charge in [-0.05, 0) is 74.1 Å². The molecule has 4 rings (SSSR count). The lowest BCUT2D eigenvalue weighted by Crippen LogP contribution is -2.21. The summed E-state index contributed by atoms with van der Waals surface area (Å²) in [6.07, 6.45) is 6.39. The van der Waals surface area contributed by atoms with Crippen LogP contribution in [0.1, 0.15) is 54.7 Å². The molecule has 3 unspecified atom stereocenters. The van der Waals surface area contributed by atoms with Crippen LogP contribution in [0.3, 0.4) is 0 Å². The van der Waals surface area contributed by atoms with Crippen molar-refractivity contribution in [3.63, 3.8) is 0 Å². The first-order valence-electron chi connectivity index (χ1n) is 7.86. The second kappa shape index (κ2) is 4.36. The van der Waals surface area contributed by atoms with Crippen LogP contribution in [0.2, 0.25) is 0 Å². The molecule has 1 fully saturated rings. The number of hydrogen-bond acceptors (Lipinski definition) is 2. The van der Waals surface area contributed by atoms with Crippen LogP contribution in [0.5, 0.6) is 5.75 Å². The van der Waals surface area contributed by atoms with Crippen LogP contribution in [-0.4, -0.2) is 16.3 Å². The van der Waals surface area contributed by atoms with Crippen LogP contribution in [0.25, 0.3) is 0 Å². The Bertz CT molecular complexity index is 600. The Morgan fingerprint density at radius 3 is 2.80 bits per heavy atom. The minimum absolute atomic E-state index is 0.107. The lowest BCUT2D eigenvalue weighted by molar-refractivity contribution is 0.177. The highest BCUT2D eigenvalue weighted by atomic mass is 16.3. The smallest absolute Gasteiger partial charge is 0.118 e. The standard InChI is InChI=1S/C18H22O2/c1-10-13-4-5-16-15(14(13)6-7-18(10)20)3-2-11-8-12(19)9-17(11)16/h6-7,11-12,15,19-20H,2-5,8-9H2,1H3. The lowest BCUT2D eigenvalue weighted by atomic mass is 9.68. The van der Waals surface area contributed by atoms with Crippen molar-refractivity contribution < 1.29 is 10.2 Å². The molecule has 2 nitrogen and oxygen atoms in total. The van der Waals surface area contributed by atoms with Gasteiger partial charge in [-0.25, -0.2) is 0 Å². The van der Waals surface area contributed by atoms with Crippen LogP contribution < -0.4 is 0 Å². The number of aliphatic hydroxyl groups excluding tert-OH is 1. The zero-order valence-corrected chi connectivity index (χ0v) is 12.0. The first-order valence-corrected chi connectivity index (χ1v) is 7.86. The van der Waals surface area contributed by atoms with E-state index in [2.05, 4.69) is 6.07 Å². The molecular weight excluding hydrogens is 248 g/mol. The number of allylic oxidation sites excluding steroid dienone is 1. The Balaban J connectivity index is 1.82. The maximum absolute atomic E-state index is 9.96. The van der Waals surface area contributed by atoms with E-state index in [9.17, 15) is 10.2 Å². The molecule has 3 aliphatic rings. The number of rotatable bonds is 0. The molecule has 1 saturated carbocycles. The molecule has 3 atom stereocenters. The van der Waals surface area contributed by atoms with E-state index in [0.29, 0.717) is 17.6 Å². The van der Waals surface area contributed by atoms with Gasteiger partial charge in [-0.3, -0.25) is 0 Å². The summed E-state index contributed by atoms with van der Waals surface area (Å²) in [5.74, 6) is 1.63. The summed E-state index contributed by atoms with van der Waals surface area (Å²) in [4.78, 5) is 0. The lowest BCUT2D eigenvalue weighted by Gasteiger charge is -2.36. The Morgan fingerprint density at radius 2 is 1.95 bits per heavy atom. The normalized spacial score (nSPS) is 31.8. The van der Waals surface area contributed by atoms with Crippen molar-refractivity contribution in [2.45, 2.75) is 57.5 Å². The molecule has 3 aliphatic carbocycles. The summed E-state index contributed by atoms with van der Waals surface area (Å²) in [5, 5.41) is 19.9. The van der Waals surface area contributed by atoms with Gasteiger partial charge in [0.15, 0.2) is 0 Å². The molecule has 0 bridgehead atoms. The third-order valence-corrected chi connectivity index (χ3v) is 5.77. The monoisotopic (exact) mass is 270 g/mol. The van der Waals surface area contributed by atoms with Crippen molar-refractivity contribution in [3.05, 3.63) is 40.0 Å². The van der Waals surface area contributed by atoms with Crippen molar-refractivity contribution in [1.29, 1.82) is 0 Å². The van der Waals surface area contributed by atoms with Crippen molar-refractivity contribution in [1.82, 2.24) is 0 Å². The van der Waals surface area contributed by atoms with Crippen LogP contribution in [0, 0.1) is 12.8 Å². The molecule has 2 heteroatoms. The summed E-state index contributed by atoms with van der Waals surface area (Å²) in [5.41, 5.74) is 7.07. The fraction of sp³-hybridized carbons (Fsp3) is 0.556. The molecule has 0 aromatic heterocycles.